The third-order valence-electron chi connectivity index (χ3n) is 4.52. The molecule has 0 bridgehead atoms. The lowest BCUT2D eigenvalue weighted by Crippen LogP contribution is -2.58. The lowest BCUT2D eigenvalue weighted by Gasteiger charge is -2.40. The van der Waals surface area contributed by atoms with E-state index in [0.29, 0.717) is 13.1 Å². The Labute approximate surface area is 135 Å². The normalized spacial score (nSPS) is 19.0. The van der Waals surface area contributed by atoms with E-state index < -0.39 is 0 Å². The Morgan fingerprint density at radius 3 is 1.95 bits per heavy atom. The van der Waals surface area contributed by atoms with Gasteiger partial charge in [0.2, 0.25) is 11.8 Å². The van der Waals surface area contributed by atoms with E-state index in [1.165, 1.54) is 0 Å². The van der Waals surface area contributed by atoms with Crippen LogP contribution in [0.25, 0.3) is 0 Å². The van der Waals surface area contributed by atoms with E-state index in [4.69, 9.17) is 0 Å². The molecule has 1 aliphatic heterocycles. The quantitative estimate of drug-likeness (QED) is 0.862. The van der Waals surface area contributed by atoms with E-state index in [1.54, 1.807) is 0 Å². The SMILES string of the molecule is CCC(C)(C)NC(=O)C(C)N1CCN(C(=O)C(C)(C)C)CC1. The summed E-state index contributed by atoms with van der Waals surface area (Å²) in [4.78, 5) is 28.7. The van der Waals surface area contributed by atoms with Crippen molar-refractivity contribution < 1.29 is 9.59 Å². The smallest absolute Gasteiger partial charge is 0.237 e. The molecule has 0 aromatic rings. The van der Waals surface area contributed by atoms with Crippen molar-refractivity contribution in [3.63, 3.8) is 0 Å². The average molecular weight is 311 g/mol. The summed E-state index contributed by atoms with van der Waals surface area (Å²) >= 11 is 0. The van der Waals surface area contributed by atoms with Crippen molar-refractivity contribution in [3.8, 4) is 0 Å². The van der Waals surface area contributed by atoms with Crippen molar-refractivity contribution in [2.45, 2.75) is 66.5 Å². The van der Waals surface area contributed by atoms with Crippen molar-refractivity contribution in [2.24, 2.45) is 5.41 Å². The van der Waals surface area contributed by atoms with E-state index in [2.05, 4.69) is 17.1 Å². The zero-order chi connectivity index (χ0) is 17.1. The van der Waals surface area contributed by atoms with Gasteiger partial charge in [-0.15, -0.1) is 0 Å². The minimum Gasteiger partial charge on any atom is -0.350 e. The highest BCUT2D eigenvalue weighted by Gasteiger charge is 2.32. The van der Waals surface area contributed by atoms with Crippen LogP contribution in [0.3, 0.4) is 0 Å². The number of nitrogens with zero attached hydrogens (tertiary/aromatic N) is 2. The van der Waals surface area contributed by atoms with Gasteiger partial charge in [-0.2, -0.15) is 0 Å². The molecule has 0 saturated carbocycles. The van der Waals surface area contributed by atoms with Crippen LogP contribution in [0.5, 0.6) is 0 Å². The number of piperazine rings is 1. The number of hydrogen-bond donors (Lipinski definition) is 1. The van der Waals surface area contributed by atoms with Gasteiger partial charge in [-0.25, -0.2) is 0 Å². The molecular weight excluding hydrogens is 278 g/mol. The summed E-state index contributed by atoms with van der Waals surface area (Å²) in [5, 5.41) is 3.10. The summed E-state index contributed by atoms with van der Waals surface area (Å²) in [6.07, 6.45) is 0.902. The maximum absolute atomic E-state index is 12.4. The monoisotopic (exact) mass is 311 g/mol. The Balaban J connectivity index is 2.54. The van der Waals surface area contributed by atoms with E-state index in [-0.39, 0.29) is 28.8 Å². The highest BCUT2D eigenvalue weighted by Crippen LogP contribution is 2.19. The highest BCUT2D eigenvalue weighted by molar-refractivity contribution is 5.82. The molecule has 2 amide bonds. The summed E-state index contributed by atoms with van der Waals surface area (Å²) in [6, 6.07) is -0.155. The van der Waals surface area contributed by atoms with Crippen LogP contribution in [0, 0.1) is 5.41 Å². The van der Waals surface area contributed by atoms with E-state index in [9.17, 15) is 9.59 Å². The third-order valence-corrected chi connectivity index (χ3v) is 4.52. The fourth-order valence-corrected chi connectivity index (χ4v) is 2.48. The summed E-state index contributed by atoms with van der Waals surface area (Å²) in [5.41, 5.74) is -0.508. The Bertz CT molecular complexity index is 405. The topological polar surface area (TPSA) is 52.7 Å². The zero-order valence-corrected chi connectivity index (χ0v) is 15.3. The second-order valence-electron chi connectivity index (χ2n) is 7.98. The average Bonchev–Trinajstić information content (AvgIpc) is 2.44. The second-order valence-corrected chi connectivity index (χ2v) is 7.98. The van der Waals surface area contributed by atoms with Gasteiger partial charge in [-0.05, 0) is 27.2 Å². The predicted octanol–water partition coefficient (Wildman–Crippen LogP) is 1.87. The van der Waals surface area contributed by atoms with Crippen molar-refractivity contribution >= 4 is 11.8 Å². The molecule has 1 atom stereocenters. The molecule has 1 unspecified atom stereocenters. The molecular formula is C17H33N3O2. The van der Waals surface area contributed by atoms with E-state index in [0.717, 1.165) is 19.5 Å². The second kappa shape index (κ2) is 6.99. The Morgan fingerprint density at radius 1 is 1.05 bits per heavy atom. The fourth-order valence-electron chi connectivity index (χ4n) is 2.48. The molecule has 128 valence electrons. The lowest BCUT2D eigenvalue weighted by atomic mass is 9.94. The van der Waals surface area contributed by atoms with Gasteiger partial charge >= 0.3 is 0 Å². The van der Waals surface area contributed by atoms with Gasteiger partial charge in [-0.3, -0.25) is 14.5 Å². The minimum atomic E-state index is -0.337. The molecule has 0 aliphatic carbocycles. The first-order chi connectivity index (χ1) is 9.98. The molecule has 1 saturated heterocycles. The van der Waals surface area contributed by atoms with Crippen LogP contribution < -0.4 is 5.32 Å². The largest absolute Gasteiger partial charge is 0.350 e. The maximum Gasteiger partial charge on any atom is 0.237 e. The Morgan fingerprint density at radius 2 is 1.55 bits per heavy atom. The molecule has 5 heteroatoms. The van der Waals surface area contributed by atoms with Gasteiger partial charge in [0.15, 0.2) is 0 Å². The van der Waals surface area contributed by atoms with E-state index in [1.807, 2.05) is 46.4 Å². The molecule has 22 heavy (non-hydrogen) atoms. The van der Waals surface area contributed by atoms with Gasteiger partial charge in [0, 0.05) is 37.1 Å². The molecule has 0 aromatic carbocycles. The first-order valence-corrected chi connectivity index (χ1v) is 8.33. The standard InChI is InChI=1S/C17H33N3O2/c1-8-17(6,7)18-14(21)13(2)19-9-11-20(12-10-19)15(22)16(3,4)5/h13H,8-12H2,1-7H3,(H,18,21). The summed E-state index contributed by atoms with van der Waals surface area (Å²) in [6.45, 7) is 16.8. The molecule has 1 heterocycles. The van der Waals surface area contributed by atoms with Crippen LogP contribution in [0.4, 0.5) is 0 Å². The van der Waals surface area contributed by atoms with E-state index >= 15 is 0 Å². The zero-order valence-electron chi connectivity index (χ0n) is 15.3. The number of carbonyl (C=O) groups is 2. The summed E-state index contributed by atoms with van der Waals surface area (Å²) < 4.78 is 0. The molecule has 5 nitrogen and oxygen atoms in total. The Kier molecular flexibility index (Phi) is 6.02. The Hall–Kier alpha value is -1.10. The first kappa shape index (κ1) is 18.9. The molecule has 1 fully saturated rings. The van der Waals surface area contributed by atoms with Gasteiger partial charge in [-0.1, -0.05) is 27.7 Å². The first-order valence-electron chi connectivity index (χ1n) is 8.33. The van der Waals surface area contributed by atoms with Crippen LogP contribution >= 0.6 is 0 Å². The van der Waals surface area contributed by atoms with Crippen molar-refractivity contribution in [1.29, 1.82) is 0 Å². The summed E-state index contributed by atoms with van der Waals surface area (Å²) in [7, 11) is 0. The fraction of sp³-hybridized carbons (Fsp3) is 0.882. The molecule has 1 aliphatic rings. The van der Waals surface area contributed by atoms with Crippen LogP contribution in [-0.4, -0.2) is 59.4 Å². The number of rotatable bonds is 4. The van der Waals surface area contributed by atoms with Gasteiger partial charge in [0.05, 0.1) is 6.04 Å². The molecule has 1 N–H and O–H groups in total. The molecule has 1 rings (SSSR count). The molecule has 0 aromatic heterocycles. The van der Waals surface area contributed by atoms with Gasteiger partial charge < -0.3 is 10.2 Å². The molecule has 0 spiro atoms. The highest BCUT2D eigenvalue weighted by atomic mass is 16.2. The third kappa shape index (κ3) is 4.97. The number of amides is 2. The minimum absolute atomic E-state index is 0.0717. The van der Waals surface area contributed by atoms with Gasteiger partial charge in [0.1, 0.15) is 0 Å². The molecule has 0 radical (unpaired) electrons. The maximum atomic E-state index is 12.4. The summed E-state index contributed by atoms with van der Waals surface area (Å²) in [5.74, 6) is 0.263. The van der Waals surface area contributed by atoms with Crippen LogP contribution in [0.1, 0.15) is 54.9 Å². The number of hydrogen-bond acceptors (Lipinski definition) is 3. The van der Waals surface area contributed by atoms with Crippen molar-refractivity contribution in [1.82, 2.24) is 15.1 Å². The number of carbonyl (C=O) groups excluding carboxylic acids is 2. The van der Waals surface area contributed by atoms with Crippen molar-refractivity contribution in [2.75, 3.05) is 26.2 Å². The van der Waals surface area contributed by atoms with Gasteiger partial charge in [0.25, 0.3) is 0 Å². The van der Waals surface area contributed by atoms with Crippen molar-refractivity contribution in [3.05, 3.63) is 0 Å². The van der Waals surface area contributed by atoms with Crippen LogP contribution in [0.15, 0.2) is 0 Å². The van der Waals surface area contributed by atoms with Crippen LogP contribution in [0.2, 0.25) is 0 Å². The number of nitrogens with one attached hydrogen (secondary N) is 1. The van der Waals surface area contributed by atoms with Crippen LogP contribution in [-0.2, 0) is 9.59 Å². The lowest BCUT2D eigenvalue weighted by molar-refractivity contribution is -0.142. The predicted molar refractivity (Wildman–Crippen MR) is 89.6 cm³/mol.